The van der Waals surface area contributed by atoms with Gasteiger partial charge >= 0.3 is 5.97 Å². The molecule has 0 saturated carbocycles. The zero-order valence-corrected chi connectivity index (χ0v) is 12.7. The van der Waals surface area contributed by atoms with Crippen LogP contribution in [0.4, 0.5) is 0 Å². The number of methoxy groups -OCH3 is 1. The minimum atomic E-state index is -1.07. The van der Waals surface area contributed by atoms with Crippen LogP contribution in [-0.4, -0.2) is 30.5 Å². The van der Waals surface area contributed by atoms with E-state index in [1.54, 1.807) is 25.3 Å². The summed E-state index contributed by atoms with van der Waals surface area (Å²) < 4.78 is 5.12. The molecule has 0 saturated heterocycles. The van der Waals surface area contributed by atoms with Gasteiger partial charge in [-0.05, 0) is 35.9 Å². The first kappa shape index (κ1) is 16.3. The SMILES string of the molecule is COc1ccc(C(C=Cc2ccccc2)=NOCC(=O)O)cc1. The number of benzene rings is 2. The molecule has 2 aromatic carbocycles. The van der Waals surface area contributed by atoms with E-state index in [2.05, 4.69) is 5.16 Å². The monoisotopic (exact) mass is 311 g/mol. The van der Waals surface area contributed by atoms with E-state index in [4.69, 9.17) is 14.7 Å². The first-order valence-electron chi connectivity index (χ1n) is 6.98. The van der Waals surface area contributed by atoms with Crippen molar-refractivity contribution >= 4 is 17.8 Å². The number of oxime groups is 1. The molecule has 1 N–H and O–H groups in total. The summed E-state index contributed by atoms with van der Waals surface area (Å²) in [6.07, 6.45) is 3.66. The molecule has 0 aliphatic rings. The molecule has 0 fully saturated rings. The van der Waals surface area contributed by atoms with Gasteiger partial charge in [0.2, 0.25) is 6.61 Å². The lowest BCUT2D eigenvalue weighted by atomic mass is 10.1. The van der Waals surface area contributed by atoms with Crippen molar-refractivity contribution in [2.75, 3.05) is 13.7 Å². The third-order valence-electron chi connectivity index (χ3n) is 2.97. The molecule has 0 aromatic heterocycles. The highest BCUT2D eigenvalue weighted by Gasteiger charge is 2.03. The topological polar surface area (TPSA) is 68.1 Å². The van der Waals surface area contributed by atoms with Crippen LogP contribution in [0.2, 0.25) is 0 Å². The summed E-state index contributed by atoms with van der Waals surface area (Å²) in [6.45, 7) is -0.487. The molecule has 2 rings (SSSR count). The minimum absolute atomic E-state index is 0.487. The molecule has 0 aliphatic heterocycles. The van der Waals surface area contributed by atoms with Gasteiger partial charge in [0.15, 0.2) is 0 Å². The van der Waals surface area contributed by atoms with Gasteiger partial charge in [0.05, 0.1) is 7.11 Å². The molecule has 0 unspecified atom stereocenters. The first-order chi connectivity index (χ1) is 11.2. The maximum atomic E-state index is 10.6. The van der Waals surface area contributed by atoms with E-state index in [1.165, 1.54) is 0 Å². The Balaban J connectivity index is 2.23. The van der Waals surface area contributed by atoms with Crippen molar-refractivity contribution in [3.63, 3.8) is 0 Å². The predicted molar refractivity (Wildman–Crippen MR) is 88.6 cm³/mol. The molecule has 0 atom stereocenters. The van der Waals surface area contributed by atoms with Crippen molar-refractivity contribution < 1.29 is 19.5 Å². The molecule has 5 nitrogen and oxygen atoms in total. The van der Waals surface area contributed by atoms with E-state index in [1.807, 2.05) is 48.5 Å². The second-order valence-electron chi connectivity index (χ2n) is 4.62. The first-order valence-corrected chi connectivity index (χ1v) is 6.98. The standard InChI is InChI=1S/C18H17NO4/c1-22-16-10-8-15(9-11-16)17(19-23-13-18(20)21)12-7-14-5-3-2-4-6-14/h2-12H,13H2,1H3,(H,20,21). The van der Waals surface area contributed by atoms with Crippen LogP contribution >= 0.6 is 0 Å². The predicted octanol–water partition coefficient (Wildman–Crippen LogP) is 3.21. The van der Waals surface area contributed by atoms with E-state index in [0.717, 1.165) is 16.9 Å². The number of hydrogen-bond donors (Lipinski definition) is 1. The fourth-order valence-corrected chi connectivity index (χ4v) is 1.84. The quantitative estimate of drug-likeness (QED) is 0.630. The summed E-state index contributed by atoms with van der Waals surface area (Å²) in [5, 5.41) is 12.6. The lowest BCUT2D eigenvalue weighted by Gasteiger charge is -2.04. The Morgan fingerprint density at radius 1 is 1.13 bits per heavy atom. The number of ether oxygens (including phenoxy) is 1. The summed E-state index contributed by atoms with van der Waals surface area (Å²) in [4.78, 5) is 15.4. The van der Waals surface area contributed by atoms with E-state index in [-0.39, 0.29) is 0 Å². The van der Waals surface area contributed by atoms with E-state index < -0.39 is 12.6 Å². The minimum Gasteiger partial charge on any atom is -0.497 e. The number of hydrogen-bond acceptors (Lipinski definition) is 4. The zero-order chi connectivity index (χ0) is 16.5. The van der Waals surface area contributed by atoms with E-state index >= 15 is 0 Å². The van der Waals surface area contributed by atoms with Gasteiger partial charge in [-0.15, -0.1) is 0 Å². The van der Waals surface area contributed by atoms with Gasteiger partial charge in [0.25, 0.3) is 0 Å². The van der Waals surface area contributed by atoms with Crippen LogP contribution in [0.5, 0.6) is 5.75 Å². The average molecular weight is 311 g/mol. The summed E-state index contributed by atoms with van der Waals surface area (Å²) in [5.74, 6) is -0.346. The van der Waals surface area contributed by atoms with Gasteiger partial charge in [-0.1, -0.05) is 41.6 Å². The normalized spacial score (nSPS) is 11.4. The molecule has 2 aromatic rings. The molecule has 0 aliphatic carbocycles. The highest BCUT2D eigenvalue weighted by atomic mass is 16.6. The number of allylic oxidation sites excluding steroid dienone is 1. The lowest BCUT2D eigenvalue weighted by molar-refractivity contribution is -0.142. The van der Waals surface area contributed by atoms with Crippen molar-refractivity contribution in [2.24, 2.45) is 5.16 Å². The maximum Gasteiger partial charge on any atom is 0.344 e. The second-order valence-corrected chi connectivity index (χ2v) is 4.62. The van der Waals surface area contributed by atoms with Gasteiger partial charge in [-0.3, -0.25) is 0 Å². The Kier molecular flexibility index (Phi) is 5.94. The Morgan fingerprint density at radius 3 is 2.43 bits per heavy atom. The van der Waals surface area contributed by atoms with Gasteiger partial charge in [-0.2, -0.15) is 0 Å². The van der Waals surface area contributed by atoms with Gasteiger partial charge < -0.3 is 14.7 Å². The third kappa shape index (κ3) is 5.32. The van der Waals surface area contributed by atoms with Crippen LogP contribution in [0.1, 0.15) is 11.1 Å². The van der Waals surface area contributed by atoms with Crippen LogP contribution < -0.4 is 4.74 Å². The van der Waals surface area contributed by atoms with Gasteiger partial charge in [0, 0.05) is 5.56 Å². The summed E-state index contributed by atoms with van der Waals surface area (Å²) in [7, 11) is 1.59. The molecule has 0 amide bonds. The van der Waals surface area contributed by atoms with Crippen molar-refractivity contribution in [3.05, 3.63) is 71.8 Å². The third-order valence-corrected chi connectivity index (χ3v) is 2.97. The average Bonchev–Trinajstić information content (AvgIpc) is 2.58. The van der Waals surface area contributed by atoms with Gasteiger partial charge in [-0.25, -0.2) is 4.79 Å². The van der Waals surface area contributed by atoms with Crippen LogP contribution in [0.15, 0.2) is 65.8 Å². The van der Waals surface area contributed by atoms with Crippen LogP contribution in [0.3, 0.4) is 0 Å². The Labute approximate surface area is 134 Å². The molecule has 0 radical (unpaired) electrons. The van der Waals surface area contributed by atoms with Crippen LogP contribution in [0, 0.1) is 0 Å². The van der Waals surface area contributed by atoms with Crippen LogP contribution in [-0.2, 0) is 9.63 Å². The number of nitrogens with zero attached hydrogens (tertiary/aromatic N) is 1. The maximum absolute atomic E-state index is 10.6. The molecule has 0 bridgehead atoms. The highest BCUT2D eigenvalue weighted by Crippen LogP contribution is 2.13. The summed E-state index contributed by atoms with van der Waals surface area (Å²) in [6, 6.07) is 17.0. The van der Waals surface area contributed by atoms with Crippen molar-refractivity contribution in [1.82, 2.24) is 0 Å². The molecular formula is C18H17NO4. The number of carboxylic acid groups (broad SMARTS) is 1. The van der Waals surface area contributed by atoms with Crippen LogP contribution in [0.25, 0.3) is 6.08 Å². The zero-order valence-electron chi connectivity index (χ0n) is 12.7. The second kappa shape index (κ2) is 8.38. The largest absolute Gasteiger partial charge is 0.497 e. The Hall–Kier alpha value is -3.08. The molecule has 0 heterocycles. The Bertz CT molecular complexity index is 691. The molecule has 23 heavy (non-hydrogen) atoms. The highest BCUT2D eigenvalue weighted by molar-refractivity contribution is 6.10. The number of rotatable bonds is 7. The molecule has 5 heteroatoms. The van der Waals surface area contributed by atoms with Crippen molar-refractivity contribution in [1.29, 1.82) is 0 Å². The number of carboxylic acids is 1. The fraction of sp³-hybridized carbons (Fsp3) is 0.111. The van der Waals surface area contributed by atoms with E-state index in [0.29, 0.717) is 5.71 Å². The summed E-state index contributed by atoms with van der Waals surface area (Å²) in [5.41, 5.74) is 2.33. The smallest absolute Gasteiger partial charge is 0.344 e. The van der Waals surface area contributed by atoms with E-state index in [9.17, 15) is 4.79 Å². The Morgan fingerprint density at radius 2 is 1.83 bits per heavy atom. The molecule has 0 spiro atoms. The number of aliphatic carboxylic acids is 1. The van der Waals surface area contributed by atoms with Crippen molar-refractivity contribution in [2.45, 2.75) is 0 Å². The van der Waals surface area contributed by atoms with Gasteiger partial charge in [0.1, 0.15) is 11.5 Å². The summed E-state index contributed by atoms with van der Waals surface area (Å²) >= 11 is 0. The lowest BCUT2D eigenvalue weighted by Crippen LogP contribution is -2.06. The fourth-order valence-electron chi connectivity index (χ4n) is 1.84. The van der Waals surface area contributed by atoms with Crippen molar-refractivity contribution in [3.8, 4) is 5.75 Å². The number of carbonyl (C=O) groups is 1. The molecular weight excluding hydrogens is 294 g/mol. The molecule has 118 valence electrons.